The average Bonchev–Trinajstić information content (AvgIpc) is 2.85. The van der Waals surface area contributed by atoms with Crippen LogP contribution in [0.2, 0.25) is 0 Å². The second-order valence-corrected chi connectivity index (χ2v) is 5.66. The molecular weight excluding hydrogens is 264 g/mol. The van der Waals surface area contributed by atoms with Crippen molar-refractivity contribution in [2.24, 2.45) is 15.7 Å². The summed E-state index contributed by atoms with van der Waals surface area (Å²) in [6.45, 7) is 1.92. The summed E-state index contributed by atoms with van der Waals surface area (Å²) in [5.74, 6) is -0.278. The molecule has 1 fully saturated rings. The third-order valence-electron chi connectivity index (χ3n) is 4.28. The molecule has 2 N–H and O–H groups in total. The highest BCUT2D eigenvalue weighted by Gasteiger charge is 2.33. The molecule has 0 aliphatic carbocycles. The molecule has 0 bridgehead atoms. The molecule has 1 unspecified atom stereocenters. The highest BCUT2D eigenvalue weighted by atomic mass is 16.1. The van der Waals surface area contributed by atoms with E-state index in [0.717, 1.165) is 30.9 Å². The molecule has 3 aliphatic rings. The molecule has 0 spiro atoms. The number of fused-ring (bicyclic) bond motifs is 4. The Morgan fingerprint density at radius 1 is 1.38 bits per heavy atom. The van der Waals surface area contributed by atoms with Gasteiger partial charge in [-0.3, -0.25) is 14.7 Å². The summed E-state index contributed by atoms with van der Waals surface area (Å²) in [6, 6.07) is 8.35. The number of allylic oxidation sites excluding steroid dienone is 1. The van der Waals surface area contributed by atoms with Crippen LogP contribution in [0.1, 0.15) is 12.0 Å². The lowest BCUT2D eigenvalue weighted by molar-refractivity contribution is -0.119. The van der Waals surface area contributed by atoms with Crippen LogP contribution in [0.5, 0.6) is 0 Å². The Bertz CT molecular complexity index is 717. The van der Waals surface area contributed by atoms with E-state index < -0.39 is 0 Å². The zero-order valence-corrected chi connectivity index (χ0v) is 11.6. The summed E-state index contributed by atoms with van der Waals surface area (Å²) in [4.78, 5) is 22.4. The number of rotatable bonds is 2. The standard InChI is InChI=1S/C16H16N4O/c17-15(21)9-20-6-5-11-14(8-20)18-7-13-16(11)10-3-1-2-4-12(10)19-13/h1-4,7,14H,5-6,8-9H2,(H2,17,21). The van der Waals surface area contributed by atoms with E-state index in [0.29, 0.717) is 6.54 Å². The number of dihydropyridines is 1. The monoisotopic (exact) mass is 280 g/mol. The van der Waals surface area contributed by atoms with Crippen molar-refractivity contribution in [2.45, 2.75) is 12.5 Å². The second kappa shape index (κ2) is 4.63. The predicted octanol–water partition coefficient (Wildman–Crippen LogP) is 1.17. The number of benzene rings is 1. The largest absolute Gasteiger partial charge is 0.369 e. The molecule has 0 radical (unpaired) electrons. The lowest BCUT2D eigenvalue weighted by Gasteiger charge is -2.34. The van der Waals surface area contributed by atoms with Crippen LogP contribution in [0, 0.1) is 0 Å². The first kappa shape index (κ1) is 12.5. The van der Waals surface area contributed by atoms with Gasteiger partial charge >= 0.3 is 0 Å². The Kier molecular flexibility index (Phi) is 2.75. The van der Waals surface area contributed by atoms with Crippen LogP contribution in [0.4, 0.5) is 5.69 Å². The van der Waals surface area contributed by atoms with E-state index in [2.05, 4.69) is 21.0 Å². The normalized spacial score (nSPS) is 23.4. The Hall–Kier alpha value is -2.27. The van der Waals surface area contributed by atoms with Crippen LogP contribution < -0.4 is 5.73 Å². The van der Waals surface area contributed by atoms with E-state index >= 15 is 0 Å². The molecule has 21 heavy (non-hydrogen) atoms. The fourth-order valence-electron chi connectivity index (χ4n) is 3.38. The van der Waals surface area contributed by atoms with Gasteiger partial charge in [-0.25, -0.2) is 4.99 Å². The van der Waals surface area contributed by atoms with Crippen LogP contribution in [-0.4, -0.2) is 48.4 Å². The van der Waals surface area contributed by atoms with E-state index in [-0.39, 0.29) is 11.9 Å². The molecule has 0 saturated carbocycles. The maximum Gasteiger partial charge on any atom is 0.231 e. The fourth-order valence-corrected chi connectivity index (χ4v) is 3.38. The van der Waals surface area contributed by atoms with E-state index in [1.54, 1.807) is 0 Å². The van der Waals surface area contributed by atoms with E-state index in [1.807, 2.05) is 24.4 Å². The lowest BCUT2D eigenvalue weighted by Crippen LogP contribution is -2.44. The molecular formula is C16H16N4O. The van der Waals surface area contributed by atoms with E-state index in [9.17, 15) is 4.79 Å². The van der Waals surface area contributed by atoms with Gasteiger partial charge in [0.05, 0.1) is 24.0 Å². The van der Waals surface area contributed by atoms with Gasteiger partial charge in [0.25, 0.3) is 0 Å². The molecule has 5 heteroatoms. The van der Waals surface area contributed by atoms with Gasteiger partial charge in [0.2, 0.25) is 5.91 Å². The van der Waals surface area contributed by atoms with Crippen molar-refractivity contribution in [1.82, 2.24) is 4.90 Å². The van der Waals surface area contributed by atoms with Crippen LogP contribution in [-0.2, 0) is 4.79 Å². The van der Waals surface area contributed by atoms with Crippen molar-refractivity contribution < 1.29 is 4.79 Å². The minimum absolute atomic E-state index is 0.123. The zero-order chi connectivity index (χ0) is 14.4. The van der Waals surface area contributed by atoms with Gasteiger partial charge in [0.15, 0.2) is 0 Å². The average molecular weight is 280 g/mol. The van der Waals surface area contributed by atoms with Crippen molar-refractivity contribution in [3.05, 3.63) is 35.4 Å². The molecule has 106 valence electrons. The molecule has 3 aliphatic heterocycles. The van der Waals surface area contributed by atoms with Crippen LogP contribution in [0.15, 0.2) is 39.8 Å². The maximum atomic E-state index is 11.1. The third-order valence-corrected chi connectivity index (χ3v) is 4.28. The van der Waals surface area contributed by atoms with E-state index in [4.69, 9.17) is 5.73 Å². The number of nitrogens with zero attached hydrogens (tertiary/aromatic N) is 3. The second-order valence-electron chi connectivity index (χ2n) is 5.66. The summed E-state index contributed by atoms with van der Waals surface area (Å²) >= 11 is 0. The molecule has 1 amide bonds. The van der Waals surface area contributed by atoms with Gasteiger partial charge in [0.1, 0.15) is 0 Å². The first-order valence-corrected chi connectivity index (χ1v) is 7.18. The number of carbonyl (C=O) groups is 1. The molecule has 1 saturated heterocycles. The van der Waals surface area contributed by atoms with Crippen molar-refractivity contribution >= 4 is 29.1 Å². The first-order valence-electron chi connectivity index (χ1n) is 7.18. The highest BCUT2D eigenvalue weighted by molar-refractivity contribution is 6.54. The van der Waals surface area contributed by atoms with Crippen molar-refractivity contribution in [1.29, 1.82) is 0 Å². The smallest absolute Gasteiger partial charge is 0.231 e. The summed E-state index contributed by atoms with van der Waals surface area (Å²) in [6.07, 6.45) is 2.79. The lowest BCUT2D eigenvalue weighted by atomic mass is 9.86. The SMILES string of the molecule is NC(=O)CN1CCC2=C3C(=Nc4ccccc43)C=NC2C1. The Morgan fingerprint density at radius 3 is 3.10 bits per heavy atom. The number of hydrogen-bond donors (Lipinski definition) is 1. The van der Waals surface area contributed by atoms with Gasteiger partial charge in [-0.15, -0.1) is 0 Å². The summed E-state index contributed by atoms with van der Waals surface area (Å²) < 4.78 is 0. The maximum absolute atomic E-state index is 11.1. The Labute approximate surface area is 122 Å². The molecule has 3 heterocycles. The van der Waals surface area contributed by atoms with Crippen LogP contribution in [0.25, 0.3) is 5.57 Å². The molecule has 1 aromatic rings. The minimum Gasteiger partial charge on any atom is -0.369 e. The van der Waals surface area contributed by atoms with Crippen LogP contribution >= 0.6 is 0 Å². The minimum atomic E-state index is -0.278. The molecule has 1 atom stereocenters. The van der Waals surface area contributed by atoms with Crippen molar-refractivity contribution in [3.63, 3.8) is 0 Å². The topological polar surface area (TPSA) is 71.1 Å². The van der Waals surface area contributed by atoms with Crippen molar-refractivity contribution in [3.8, 4) is 0 Å². The summed E-state index contributed by atoms with van der Waals surface area (Å²) in [5, 5.41) is 0. The van der Waals surface area contributed by atoms with Gasteiger partial charge in [-0.05, 0) is 18.1 Å². The number of primary amides is 1. The van der Waals surface area contributed by atoms with Crippen molar-refractivity contribution in [2.75, 3.05) is 19.6 Å². The number of piperidine rings is 1. The number of hydrogen-bond acceptors (Lipinski definition) is 4. The number of likely N-dealkylation sites (tertiary alicyclic amines) is 1. The number of nitrogens with two attached hydrogens (primary N) is 1. The summed E-state index contributed by atoms with van der Waals surface area (Å²) in [7, 11) is 0. The number of carbonyl (C=O) groups excluding carboxylic acids is 1. The first-order chi connectivity index (χ1) is 10.2. The number of para-hydroxylation sites is 1. The number of aliphatic imine (C=N–C) groups is 2. The Morgan fingerprint density at radius 2 is 2.24 bits per heavy atom. The quantitative estimate of drug-likeness (QED) is 0.883. The fraction of sp³-hybridized carbons (Fsp3) is 0.312. The van der Waals surface area contributed by atoms with Crippen LogP contribution in [0.3, 0.4) is 0 Å². The van der Waals surface area contributed by atoms with Gasteiger partial charge in [0, 0.05) is 30.4 Å². The van der Waals surface area contributed by atoms with Gasteiger partial charge in [-0.1, -0.05) is 18.2 Å². The van der Waals surface area contributed by atoms with E-state index in [1.165, 1.54) is 16.7 Å². The zero-order valence-electron chi connectivity index (χ0n) is 11.6. The number of amides is 1. The third kappa shape index (κ3) is 2.01. The predicted molar refractivity (Wildman–Crippen MR) is 83.0 cm³/mol. The summed E-state index contributed by atoms with van der Waals surface area (Å²) in [5.41, 5.74) is 11.1. The van der Waals surface area contributed by atoms with Gasteiger partial charge < -0.3 is 5.73 Å². The Balaban J connectivity index is 1.70. The van der Waals surface area contributed by atoms with Gasteiger partial charge in [-0.2, -0.15) is 0 Å². The molecule has 0 aromatic heterocycles. The molecule has 5 nitrogen and oxygen atoms in total. The highest BCUT2D eigenvalue weighted by Crippen LogP contribution is 2.40. The molecule has 1 aromatic carbocycles. The molecule has 4 rings (SSSR count).